The highest BCUT2D eigenvalue weighted by Gasteiger charge is 2.30. The van der Waals surface area contributed by atoms with Gasteiger partial charge in [-0.25, -0.2) is 0 Å². The van der Waals surface area contributed by atoms with Crippen LogP contribution in [0.5, 0.6) is 5.75 Å². The molecule has 0 saturated heterocycles. The van der Waals surface area contributed by atoms with Gasteiger partial charge < -0.3 is 20.0 Å². The van der Waals surface area contributed by atoms with Gasteiger partial charge in [0.05, 0.1) is 23.8 Å². The monoisotopic (exact) mass is 381 g/mol. The fourth-order valence-electron chi connectivity index (χ4n) is 2.38. The fourth-order valence-corrected chi connectivity index (χ4v) is 2.38. The molecule has 0 spiro atoms. The number of hydrogen-bond acceptors (Lipinski definition) is 4. The van der Waals surface area contributed by atoms with Crippen LogP contribution in [0.25, 0.3) is 0 Å². The number of benzene rings is 2. The van der Waals surface area contributed by atoms with Crippen molar-refractivity contribution in [2.75, 3.05) is 6.61 Å². The topological polar surface area (TPSA) is 61.5 Å². The zero-order chi connectivity index (χ0) is 20.1. The van der Waals surface area contributed by atoms with Gasteiger partial charge >= 0.3 is 6.18 Å². The lowest BCUT2D eigenvalue weighted by Crippen LogP contribution is -2.44. The summed E-state index contributed by atoms with van der Waals surface area (Å²) in [5, 5.41) is 0. The van der Waals surface area contributed by atoms with E-state index in [0.29, 0.717) is 6.29 Å². The molecule has 3 atom stereocenters. The van der Waals surface area contributed by atoms with Gasteiger partial charge in [0, 0.05) is 0 Å². The Kier molecular flexibility index (Phi) is 6.62. The van der Waals surface area contributed by atoms with Gasteiger partial charge in [0.15, 0.2) is 0 Å². The van der Waals surface area contributed by atoms with Crippen molar-refractivity contribution in [2.45, 2.75) is 37.8 Å². The average molecular weight is 381 g/mol. The Balaban J connectivity index is 2.19. The first kappa shape index (κ1) is 20.9. The van der Waals surface area contributed by atoms with Gasteiger partial charge in [-0.05, 0) is 43.7 Å². The van der Waals surface area contributed by atoms with E-state index < -0.39 is 29.5 Å². The van der Waals surface area contributed by atoms with Gasteiger partial charge in [0.1, 0.15) is 18.1 Å². The van der Waals surface area contributed by atoms with Gasteiger partial charge in [-0.1, -0.05) is 30.3 Å². The molecule has 0 fully saturated rings. The van der Waals surface area contributed by atoms with Crippen molar-refractivity contribution in [3.05, 3.63) is 65.7 Å². The second-order valence-corrected chi connectivity index (χ2v) is 6.61. The van der Waals surface area contributed by atoms with Gasteiger partial charge in [0.2, 0.25) is 0 Å². The molecule has 0 bridgehead atoms. The van der Waals surface area contributed by atoms with E-state index in [-0.39, 0.29) is 12.4 Å². The lowest BCUT2D eigenvalue weighted by Gasteiger charge is -2.28. The van der Waals surface area contributed by atoms with Gasteiger partial charge in [-0.15, -0.1) is 0 Å². The van der Waals surface area contributed by atoms with Crippen LogP contribution in [0.2, 0.25) is 0 Å². The second kappa shape index (κ2) is 8.54. The minimum absolute atomic E-state index is 0.0165. The molecule has 2 rings (SSSR count). The van der Waals surface area contributed by atoms with Crippen LogP contribution in [-0.2, 0) is 15.7 Å². The highest BCUT2D eigenvalue weighted by Crippen LogP contribution is 2.32. The maximum Gasteiger partial charge on any atom is 0.416 e. The third-order valence-electron chi connectivity index (χ3n) is 3.93. The van der Waals surface area contributed by atoms with Gasteiger partial charge in [-0.3, -0.25) is 0 Å². The molecular weight excluding hydrogens is 359 g/mol. The molecule has 0 aliphatic carbocycles. The van der Waals surface area contributed by atoms with Crippen LogP contribution in [0, 0.1) is 0 Å². The SMILES string of the molecule is C[C@H](OC[C@@](C)(N)C=O)[C@H](Oc1ccc(C(F)(F)F)cc1)c1ccccc1. The van der Waals surface area contributed by atoms with Crippen molar-refractivity contribution >= 4 is 6.29 Å². The summed E-state index contributed by atoms with van der Waals surface area (Å²) in [7, 11) is 0. The van der Waals surface area contributed by atoms with E-state index in [1.807, 2.05) is 30.3 Å². The van der Waals surface area contributed by atoms with Gasteiger partial charge in [0.25, 0.3) is 0 Å². The third kappa shape index (κ3) is 6.08. The van der Waals surface area contributed by atoms with E-state index in [0.717, 1.165) is 17.7 Å². The summed E-state index contributed by atoms with van der Waals surface area (Å²) in [6.07, 6.45) is -4.90. The number of ether oxygens (including phenoxy) is 2. The summed E-state index contributed by atoms with van der Waals surface area (Å²) in [5.41, 5.74) is 4.67. The summed E-state index contributed by atoms with van der Waals surface area (Å²) in [6, 6.07) is 13.6. The van der Waals surface area contributed by atoms with Crippen LogP contribution >= 0.6 is 0 Å². The molecule has 0 unspecified atom stereocenters. The molecule has 0 aromatic heterocycles. The quantitative estimate of drug-likeness (QED) is 0.698. The minimum Gasteiger partial charge on any atom is -0.483 e. The number of alkyl halides is 3. The van der Waals surface area contributed by atoms with Crippen molar-refractivity contribution in [1.82, 2.24) is 0 Å². The van der Waals surface area contributed by atoms with Crippen LogP contribution in [0.4, 0.5) is 13.2 Å². The number of nitrogens with two attached hydrogens (primary N) is 1. The van der Waals surface area contributed by atoms with Crippen LogP contribution in [0.1, 0.15) is 31.1 Å². The lowest BCUT2D eigenvalue weighted by atomic mass is 10.0. The Morgan fingerprint density at radius 3 is 2.19 bits per heavy atom. The number of halogens is 3. The highest BCUT2D eigenvalue weighted by atomic mass is 19.4. The Bertz CT molecular complexity index is 730. The Hall–Kier alpha value is -2.38. The third-order valence-corrected chi connectivity index (χ3v) is 3.93. The van der Waals surface area contributed by atoms with E-state index in [2.05, 4.69) is 0 Å². The predicted molar refractivity (Wildman–Crippen MR) is 95.3 cm³/mol. The molecule has 146 valence electrons. The van der Waals surface area contributed by atoms with Crippen LogP contribution in [0.3, 0.4) is 0 Å². The fraction of sp³-hybridized carbons (Fsp3) is 0.350. The Labute approximate surface area is 156 Å². The van der Waals surface area contributed by atoms with Crippen molar-refractivity contribution in [1.29, 1.82) is 0 Å². The minimum atomic E-state index is -4.41. The molecule has 0 amide bonds. The van der Waals surface area contributed by atoms with Gasteiger partial charge in [-0.2, -0.15) is 13.2 Å². The molecule has 4 nitrogen and oxygen atoms in total. The summed E-state index contributed by atoms with van der Waals surface area (Å²) < 4.78 is 49.8. The molecule has 0 heterocycles. The largest absolute Gasteiger partial charge is 0.483 e. The van der Waals surface area contributed by atoms with Crippen molar-refractivity contribution in [3.63, 3.8) is 0 Å². The molecule has 0 radical (unpaired) electrons. The zero-order valence-corrected chi connectivity index (χ0v) is 15.1. The standard InChI is InChI=1S/C20H22F3NO3/c1-14(26-13-19(2,24)12-25)18(15-6-4-3-5-7-15)27-17-10-8-16(9-11-17)20(21,22)23/h3-12,14,18H,13,24H2,1-2H3/t14-,18-,19-/m0/s1. The number of aldehydes is 1. The van der Waals surface area contributed by atoms with Crippen LogP contribution < -0.4 is 10.5 Å². The van der Waals surface area contributed by atoms with Crippen molar-refractivity contribution < 1.29 is 27.4 Å². The maximum absolute atomic E-state index is 12.7. The molecule has 0 aliphatic heterocycles. The predicted octanol–water partition coefficient (Wildman–Crippen LogP) is 4.15. The normalized spacial score (nSPS) is 16.2. The summed E-state index contributed by atoms with van der Waals surface area (Å²) in [4.78, 5) is 11.0. The first-order valence-corrected chi connectivity index (χ1v) is 8.38. The molecular formula is C20H22F3NO3. The number of carbonyl (C=O) groups excluding carboxylic acids is 1. The smallest absolute Gasteiger partial charge is 0.416 e. The van der Waals surface area contributed by atoms with E-state index in [9.17, 15) is 18.0 Å². The zero-order valence-electron chi connectivity index (χ0n) is 15.1. The van der Waals surface area contributed by atoms with Crippen LogP contribution in [0.15, 0.2) is 54.6 Å². The molecule has 2 aromatic rings. The van der Waals surface area contributed by atoms with Crippen molar-refractivity contribution in [2.24, 2.45) is 5.73 Å². The summed E-state index contributed by atoms with van der Waals surface area (Å²) >= 11 is 0. The summed E-state index contributed by atoms with van der Waals surface area (Å²) in [6.45, 7) is 3.28. The molecule has 2 aromatic carbocycles. The molecule has 0 aliphatic rings. The van der Waals surface area contributed by atoms with E-state index in [1.165, 1.54) is 12.1 Å². The number of rotatable bonds is 8. The van der Waals surface area contributed by atoms with E-state index in [4.69, 9.17) is 15.2 Å². The van der Waals surface area contributed by atoms with E-state index in [1.54, 1.807) is 13.8 Å². The first-order valence-electron chi connectivity index (χ1n) is 8.38. The molecule has 27 heavy (non-hydrogen) atoms. The molecule has 7 heteroatoms. The Morgan fingerprint density at radius 2 is 1.67 bits per heavy atom. The second-order valence-electron chi connectivity index (χ2n) is 6.61. The highest BCUT2D eigenvalue weighted by molar-refractivity contribution is 5.63. The summed E-state index contributed by atoms with van der Waals surface area (Å²) in [5.74, 6) is 0.276. The number of hydrogen-bond donors (Lipinski definition) is 1. The van der Waals surface area contributed by atoms with Crippen LogP contribution in [-0.4, -0.2) is 24.5 Å². The average Bonchev–Trinajstić information content (AvgIpc) is 2.64. The Morgan fingerprint density at radius 1 is 1.07 bits per heavy atom. The molecule has 2 N–H and O–H groups in total. The van der Waals surface area contributed by atoms with Crippen molar-refractivity contribution in [3.8, 4) is 5.75 Å². The number of carbonyl (C=O) groups is 1. The molecule has 0 saturated carbocycles. The lowest BCUT2D eigenvalue weighted by molar-refractivity contribution is -0.137. The first-order chi connectivity index (χ1) is 12.6. The maximum atomic E-state index is 12.7. The van der Waals surface area contributed by atoms with E-state index >= 15 is 0 Å².